The van der Waals surface area contributed by atoms with Crippen molar-refractivity contribution in [1.29, 1.82) is 0 Å². The van der Waals surface area contributed by atoms with Crippen LogP contribution in [0.3, 0.4) is 0 Å². The Balaban J connectivity index is 2.28. The van der Waals surface area contributed by atoms with Crippen LogP contribution in [0.4, 0.5) is 5.82 Å². The van der Waals surface area contributed by atoms with E-state index in [9.17, 15) is 0 Å². The summed E-state index contributed by atoms with van der Waals surface area (Å²) in [4.78, 5) is 0. The maximum absolute atomic E-state index is 6.10. The Labute approximate surface area is 102 Å². The first-order chi connectivity index (χ1) is 8.24. The Morgan fingerprint density at radius 3 is 3.00 bits per heavy atom. The van der Waals surface area contributed by atoms with Gasteiger partial charge in [-0.2, -0.15) is 5.10 Å². The SMILES string of the molecule is COCCc1nn(C2=CC=CCC2)c(N)c1C. The largest absolute Gasteiger partial charge is 0.384 e. The first-order valence-electron chi connectivity index (χ1n) is 5.93. The third-order valence-corrected chi connectivity index (χ3v) is 3.07. The predicted octanol–water partition coefficient (Wildman–Crippen LogP) is 2.15. The van der Waals surface area contributed by atoms with Crippen LogP contribution < -0.4 is 5.73 Å². The van der Waals surface area contributed by atoms with Crippen LogP contribution in [-0.2, 0) is 11.2 Å². The summed E-state index contributed by atoms with van der Waals surface area (Å²) in [6.45, 7) is 2.69. The number of anilines is 1. The normalized spacial score (nSPS) is 15.1. The van der Waals surface area contributed by atoms with Gasteiger partial charge in [-0.1, -0.05) is 12.2 Å². The molecule has 0 unspecified atom stereocenters. The maximum Gasteiger partial charge on any atom is 0.130 e. The number of nitrogens with zero attached hydrogens (tertiary/aromatic N) is 2. The van der Waals surface area contributed by atoms with E-state index >= 15 is 0 Å². The van der Waals surface area contributed by atoms with E-state index in [2.05, 4.69) is 23.3 Å². The van der Waals surface area contributed by atoms with Crippen molar-refractivity contribution in [3.05, 3.63) is 29.5 Å². The van der Waals surface area contributed by atoms with E-state index in [1.807, 2.05) is 11.6 Å². The standard InChI is InChI=1S/C13H19N3O/c1-10-12(8-9-17-2)15-16(13(10)14)11-6-4-3-5-7-11/h3-4,6H,5,7-9,14H2,1-2H3. The number of nitrogens with two attached hydrogens (primary N) is 1. The molecule has 4 nitrogen and oxygen atoms in total. The zero-order valence-corrected chi connectivity index (χ0v) is 10.4. The highest BCUT2D eigenvalue weighted by Crippen LogP contribution is 2.24. The Kier molecular flexibility index (Phi) is 3.64. The van der Waals surface area contributed by atoms with Crippen molar-refractivity contribution in [3.63, 3.8) is 0 Å². The smallest absolute Gasteiger partial charge is 0.130 e. The lowest BCUT2D eigenvalue weighted by molar-refractivity contribution is 0.201. The van der Waals surface area contributed by atoms with E-state index in [1.54, 1.807) is 7.11 Å². The molecule has 4 heteroatoms. The van der Waals surface area contributed by atoms with Gasteiger partial charge in [-0.15, -0.1) is 0 Å². The average molecular weight is 233 g/mol. The predicted molar refractivity (Wildman–Crippen MR) is 69.6 cm³/mol. The van der Waals surface area contributed by atoms with Crippen molar-refractivity contribution in [3.8, 4) is 0 Å². The monoisotopic (exact) mass is 233 g/mol. The number of aromatic nitrogens is 2. The van der Waals surface area contributed by atoms with Crippen LogP contribution in [0.5, 0.6) is 0 Å². The fraction of sp³-hybridized carbons (Fsp3) is 0.462. The summed E-state index contributed by atoms with van der Waals surface area (Å²) in [5.74, 6) is 0.748. The molecule has 0 amide bonds. The Morgan fingerprint density at radius 2 is 2.35 bits per heavy atom. The van der Waals surface area contributed by atoms with E-state index in [0.29, 0.717) is 6.61 Å². The second-order valence-corrected chi connectivity index (χ2v) is 4.24. The molecule has 0 saturated heterocycles. The van der Waals surface area contributed by atoms with Crippen molar-refractivity contribution in [2.75, 3.05) is 19.5 Å². The van der Waals surface area contributed by atoms with Crippen molar-refractivity contribution < 1.29 is 4.74 Å². The molecule has 92 valence electrons. The van der Waals surface area contributed by atoms with Gasteiger partial charge in [-0.25, -0.2) is 4.68 Å². The van der Waals surface area contributed by atoms with Gasteiger partial charge in [0.15, 0.2) is 0 Å². The second-order valence-electron chi connectivity index (χ2n) is 4.24. The fourth-order valence-electron chi connectivity index (χ4n) is 1.98. The quantitative estimate of drug-likeness (QED) is 0.867. The Morgan fingerprint density at radius 1 is 1.53 bits per heavy atom. The number of methoxy groups -OCH3 is 1. The summed E-state index contributed by atoms with van der Waals surface area (Å²) in [5, 5.41) is 4.58. The van der Waals surface area contributed by atoms with Gasteiger partial charge >= 0.3 is 0 Å². The minimum absolute atomic E-state index is 0.677. The molecule has 2 N–H and O–H groups in total. The Hall–Kier alpha value is -1.55. The zero-order chi connectivity index (χ0) is 12.3. The van der Waals surface area contributed by atoms with Gasteiger partial charge < -0.3 is 10.5 Å². The highest BCUT2D eigenvalue weighted by atomic mass is 16.5. The summed E-state index contributed by atoms with van der Waals surface area (Å²) in [5.41, 5.74) is 9.36. The number of allylic oxidation sites excluding steroid dienone is 4. The lowest BCUT2D eigenvalue weighted by Crippen LogP contribution is -2.05. The summed E-state index contributed by atoms with van der Waals surface area (Å²) >= 11 is 0. The molecule has 0 aliphatic heterocycles. The highest BCUT2D eigenvalue weighted by molar-refractivity contribution is 5.58. The van der Waals surface area contributed by atoms with Crippen LogP contribution in [0, 0.1) is 6.92 Å². The summed E-state index contributed by atoms with van der Waals surface area (Å²) in [7, 11) is 1.70. The molecule has 0 spiro atoms. The average Bonchev–Trinajstić information content (AvgIpc) is 2.65. The highest BCUT2D eigenvalue weighted by Gasteiger charge is 2.14. The minimum Gasteiger partial charge on any atom is -0.384 e. The van der Waals surface area contributed by atoms with Crippen LogP contribution >= 0.6 is 0 Å². The van der Waals surface area contributed by atoms with Gasteiger partial charge in [0, 0.05) is 24.8 Å². The molecule has 0 saturated carbocycles. The van der Waals surface area contributed by atoms with Crippen LogP contribution in [0.1, 0.15) is 24.1 Å². The van der Waals surface area contributed by atoms with Crippen LogP contribution in [0.2, 0.25) is 0 Å². The number of nitrogen functional groups attached to an aromatic ring is 1. The van der Waals surface area contributed by atoms with Gasteiger partial charge in [0.1, 0.15) is 5.82 Å². The number of hydrogen-bond donors (Lipinski definition) is 1. The molecule has 1 aromatic heterocycles. The van der Waals surface area contributed by atoms with Crippen molar-refractivity contribution in [1.82, 2.24) is 9.78 Å². The van der Waals surface area contributed by atoms with Crippen molar-refractivity contribution in [2.24, 2.45) is 0 Å². The summed E-state index contributed by atoms with van der Waals surface area (Å²) < 4.78 is 6.94. The summed E-state index contributed by atoms with van der Waals surface area (Å²) in [6.07, 6.45) is 9.14. The van der Waals surface area contributed by atoms with Gasteiger partial charge in [0.25, 0.3) is 0 Å². The second kappa shape index (κ2) is 5.19. The zero-order valence-electron chi connectivity index (χ0n) is 10.4. The molecule has 1 heterocycles. The third kappa shape index (κ3) is 2.42. The van der Waals surface area contributed by atoms with Crippen molar-refractivity contribution in [2.45, 2.75) is 26.2 Å². The first kappa shape index (κ1) is 11.9. The molecular weight excluding hydrogens is 214 g/mol. The van der Waals surface area contributed by atoms with Crippen molar-refractivity contribution >= 4 is 11.5 Å². The van der Waals surface area contributed by atoms with Gasteiger partial charge in [0.05, 0.1) is 12.3 Å². The van der Waals surface area contributed by atoms with Gasteiger partial charge in [-0.05, 0) is 25.8 Å². The lowest BCUT2D eigenvalue weighted by Gasteiger charge is -2.10. The van der Waals surface area contributed by atoms with E-state index < -0.39 is 0 Å². The Bertz CT molecular complexity index is 457. The molecular formula is C13H19N3O. The van der Waals surface area contributed by atoms with Crippen LogP contribution in [0.15, 0.2) is 18.2 Å². The third-order valence-electron chi connectivity index (χ3n) is 3.07. The van der Waals surface area contributed by atoms with E-state index in [4.69, 9.17) is 10.5 Å². The molecule has 0 atom stereocenters. The molecule has 1 aliphatic rings. The molecule has 1 aliphatic carbocycles. The lowest BCUT2D eigenvalue weighted by atomic mass is 10.1. The molecule has 0 radical (unpaired) electrons. The molecule has 0 bridgehead atoms. The minimum atomic E-state index is 0.677. The molecule has 1 aromatic rings. The van der Waals surface area contributed by atoms with Crippen LogP contribution in [0.25, 0.3) is 5.70 Å². The molecule has 17 heavy (non-hydrogen) atoms. The number of hydrogen-bond acceptors (Lipinski definition) is 3. The topological polar surface area (TPSA) is 53.1 Å². The maximum atomic E-state index is 6.10. The van der Waals surface area contributed by atoms with Gasteiger partial charge in [0.2, 0.25) is 0 Å². The number of rotatable bonds is 4. The summed E-state index contributed by atoms with van der Waals surface area (Å²) in [6, 6.07) is 0. The van der Waals surface area contributed by atoms with Crippen LogP contribution in [-0.4, -0.2) is 23.5 Å². The first-order valence-corrected chi connectivity index (χ1v) is 5.93. The van der Waals surface area contributed by atoms with E-state index in [0.717, 1.165) is 42.0 Å². The van der Waals surface area contributed by atoms with Gasteiger partial charge in [-0.3, -0.25) is 0 Å². The number of ether oxygens (including phenoxy) is 1. The van der Waals surface area contributed by atoms with E-state index in [1.165, 1.54) is 0 Å². The molecule has 0 fully saturated rings. The fourth-order valence-corrected chi connectivity index (χ4v) is 1.98. The molecule has 0 aromatic carbocycles. The van der Waals surface area contributed by atoms with E-state index in [-0.39, 0.29) is 0 Å². The molecule has 2 rings (SSSR count).